The summed E-state index contributed by atoms with van der Waals surface area (Å²) in [5.74, 6) is 3.36. The van der Waals surface area contributed by atoms with E-state index in [9.17, 15) is 0 Å². The number of aliphatic carboxylic acids is 1. The second-order valence-electron chi connectivity index (χ2n) is 1.54. The van der Waals surface area contributed by atoms with Crippen LogP contribution in [0.5, 0.6) is 0 Å². The van der Waals surface area contributed by atoms with Gasteiger partial charge in [0.25, 0.3) is 5.97 Å². The molecule has 1 N–H and O–H groups in total. The Bertz CT molecular complexity index is 144. The average molecular weight is 156 g/mol. The maximum atomic E-state index is 9.00. The normalized spacial score (nSPS) is 7.30. The summed E-state index contributed by atoms with van der Waals surface area (Å²) in [6.45, 7) is 1.08. The van der Waals surface area contributed by atoms with Crippen LogP contribution in [0.4, 0.5) is 0 Å². The molecule has 0 amide bonds. The lowest BCUT2D eigenvalue weighted by Gasteiger charge is -1.69. The van der Waals surface area contributed by atoms with Gasteiger partial charge in [0.15, 0.2) is 0 Å². The lowest BCUT2D eigenvalue weighted by atomic mass is 10.6. The first kappa shape index (κ1) is 9.12. The molecule has 0 aliphatic heterocycles. The van der Waals surface area contributed by atoms with Crippen LogP contribution < -0.4 is 0 Å². The van der Waals surface area contributed by atoms with Gasteiger partial charge in [-0.05, 0) is 11.6 Å². The van der Waals surface area contributed by atoms with Gasteiger partial charge in [0, 0.05) is 6.92 Å². The van der Waals surface area contributed by atoms with Crippen molar-refractivity contribution in [2.75, 3.05) is 0 Å². The van der Waals surface area contributed by atoms with Gasteiger partial charge in [-0.3, -0.25) is 4.79 Å². The zero-order valence-corrected chi connectivity index (χ0v) is 6.58. The first-order valence-corrected chi connectivity index (χ1v) is 3.81. The molecule has 10 heavy (non-hydrogen) atoms. The summed E-state index contributed by atoms with van der Waals surface area (Å²) in [5, 5.41) is 7.42. The summed E-state index contributed by atoms with van der Waals surface area (Å²) in [5.41, 5.74) is 0. The summed E-state index contributed by atoms with van der Waals surface area (Å²) in [7, 11) is 1.31. The number of carboxylic acids is 1. The van der Waals surface area contributed by atoms with E-state index in [2.05, 4.69) is 11.6 Å². The molecule has 1 rings (SSSR count). The summed E-state index contributed by atoms with van der Waals surface area (Å²) in [4.78, 5) is 9.00. The van der Waals surface area contributed by atoms with E-state index in [1.54, 1.807) is 0 Å². The molecule has 0 atom stereocenters. The monoisotopic (exact) mass is 156 g/mol. The third-order valence-corrected chi connectivity index (χ3v) is 1.26. The third kappa shape index (κ3) is 10.2. The number of carbonyl (C=O) groups is 1. The van der Waals surface area contributed by atoms with E-state index in [4.69, 9.17) is 9.90 Å². The fourth-order valence-electron chi connectivity index (χ4n) is 0.313. The van der Waals surface area contributed by atoms with Crippen molar-refractivity contribution >= 4 is 14.2 Å². The molecule has 0 saturated heterocycles. The van der Waals surface area contributed by atoms with Crippen molar-refractivity contribution in [1.29, 1.82) is 0 Å². The zero-order chi connectivity index (χ0) is 7.82. The lowest BCUT2D eigenvalue weighted by molar-refractivity contribution is -0.134. The summed E-state index contributed by atoms with van der Waals surface area (Å²) in [6.07, 6.45) is 0. The molecule has 2 nitrogen and oxygen atoms in total. The predicted octanol–water partition coefficient (Wildman–Crippen LogP) is 2.36. The molecule has 0 bridgehead atoms. The lowest BCUT2D eigenvalue weighted by Crippen LogP contribution is -1.78. The van der Waals surface area contributed by atoms with E-state index < -0.39 is 5.97 Å². The molecule has 0 unspecified atom stereocenters. The highest BCUT2D eigenvalue weighted by molar-refractivity contribution is 7.28. The second-order valence-corrected chi connectivity index (χ2v) is 2.44. The first-order chi connectivity index (χ1) is 4.73. The Morgan fingerprint density at radius 3 is 1.80 bits per heavy atom. The van der Waals surface area contributed by atoms with Crippen molar-refractivity contribution in [3.8, 4) is 0 Å². The van der Waals surface area contributed by atoms with Crippen LogP contribution in [0.1, 0.15) is 6.92 Å². The molecule has 1 aromatic heterocycles. The van der Waals surface area contributed by atoms with E-state index in [0.717, 1.165) is 6.92 Å². The largest absolute Gasteiger partial charge is 0.481 e. The number of hydrogen-bond donors (Lipinski definition) is 1. The topological polar surface area (TPSA) is 37.3 Å². The van der Waals surface area contributed by atoms with Gasteiger partial charge in [0.2, 0.25) is 0 Å². The van der Waals surface area contributed by atoms with Gasteiger partial charge in [-0.2, -0.15) is 0 Å². The van der Waals surface area contributed by atoms with Crippen LogP contribution in [0.25, 0.3) is 0 Å². The minimum atomic E-state index is -0.833. The second kappa shape index (κ2) is 6.24. The van der Waals surface area contributed by atoms with Crippen LogP contribution >= 0.6 is 8.19 Å². The molecule has 3 heteroatoms. The molecule has 54 valence electrons. The van der Waals surface area contributed by atoms with Gasteiger partial charge in [0.1, 0.15) is 0 Å². The highest BCUT2D eigenvalue weighted by atomic mass is 31.0. The van der Waals surface area contributed by atoms with Gasteiger partial charge in [0.05, 0.1) is 0 Å². The van der Waals surface area contributed by atoms with E-state index in [-0.39, 0.29) is 0 Å². The molecule has 0 fully saturated rings. The van der Waals surface area contributed by atoms with Crippen LogP contribution in [0.15, 0.2) is 29.8 Å². The fourth-order valence-corrected chi connectivity index (χ4v) is 0.810. The standard InChI is InChI=1S/C5H5P.C2H4O2/c1-2-4-6-5-3-1;1-2(3)4/h1-5H;1H3,(H,3,4). The van der Waals surface area contributed by atoms with Crippen molar-refractivity contribution in [1.82, 2.24) is 0 Å². The summed E-state index contributed by atoms with van der Waals surface area (Å²) < 4.78 is 0. The zero-order valence-electron chi connectivity index (χ0n) is 5.69. The van der Waals surface area contributed by atoms with Gasteiger partial charge in [-0.15, -0.1) is 0 Å². The Labute approximate surface area is 61.6 Å². The van der Waals surface area contributed by atoms with Gasteiger partial charge in [-0.1, -0.05) is 26.4 Å². The molecule has 0 aliphatic carbocycles. The maximum absolute atomic E-state index is 9.00. The minimum absolute atomic E-state index is 0.833. The third-order valence-electron chi connectivity index (χ3n) is 0.566. The molecule has 0 aromatic carbocycles. The van der Waals surface area contributed by atoms with Crippen LogP contribution in [-0.2, 0) is 4.79 Å². The van der Waals surface area contributed by atoms with Crippen LogP contribution in [0.3, 0.4) is 0 Å². The molecule has 0 radical (unpaired) electrons. The number of rotatable bonds is 0. The van der Waals surface area contributed by atoms with Crippen molar-refractivity contribution in [3.05, 3.63) is 29.8 Å². The van der Waals surface area contributed by atoms with Crippen molar-refractivity contribution in [2.24, 2.45) is 0 Å². The Morgan fingerprint density at radius 2 is 1.70 bits per heavy atom. The van der Waals surface area contributed by atoms with E-state index in [0.29, 0.717) is 0 Å². The fraction of sp³-hybridized carbons (Fsp3) is 0.143. The van der Waals surface area contributed by atoms with Crippen molar-refractivity contribution < 1.29 is 9.90 Å². The Balaban J connectivity index is 0.000000180. The number of hydrogen-bond acceptors (Lipinski definition) is 1. The van der Waals surface area contributed by atoms with Crippen molar-refractivity contribution in [3.63, 3.8) is 0 Å². The first-order valence-electron chi connectivity index (χ1n) is 2.78. The Morgan fingerprint density at radius 1 is 1.30 bits per heavy atom. The molecule has 0 spiro atoms. The maximum Gasteiger partial charge on any atom is 0.300 e. The van der Waals surface area contributed by atoms with Gasteiger partial charge in [-0.25, -0.2) is 0 Å². The van der Waals surface area contributed by atoms with Crippen LogP contribution in [0, 0.1) is 0 Å². The SMILES string of the molecule is CC(=O)O.c1ccpcc1. The highest BCUT2D eigenvalue weighted by Gasteiger charge is 1.65. The Kier molecular flexibility index (Phi) is 5.69. The quantitative estimate of drug-likeness (QED) is 0.626. The predicted molar refractivity (Wildman–Crippen MR) is 42.3 cm³/mol. The van der Waals surface area contributed by atoms with Gasteiger partial charge >= 0.3 is 0 Å². The molecule has 0 aliphatic rings. The number of carboxylic acid groups (broad SMARTS) is 1. The van der Waals surface area contributed by atoms with E-state index in [1.807, 2.05) is 18.2 Å². The van der Waals surface area contributed by atoms with Crippen LogP contribution in [-0.4, -0.2) is 11.1 Å². The smallest absolute Gasteiger partial charge is 0.300 e. The summed E-state index contributed by atoms with van der Waals surface area (Å²) in [6, 6.07) is 6.11. The van der Waals surface area contributed by atoms with E-state index >= 15 is 0 Å². The summed E-state index contributed by atoms with van der Waals surface area (Å²) >= 11 is 0. The van der Waals surface area contributed by atoms with Crippen molar-refractivity contribution in [2.45, 2.75) is 6.92 Å². The highest BCUT2D eigenvalue weighted by Crippen LogP contribution is 1.98. The molecule has 1 aromatic rings. The minimum Gasteiger partial charge on any atom is -0.481 e. The molecular weight excluding hydrogens is 147 g/mol. The molecule has 0 saturated carbocycles. The van der Waals surface area contributed by atoms with Gasteiger partial charge < -0.3 is 5.11 Å². The molecule has 1 heterocycles. The average Bonchev–Trinajstić information content (AvgIpc) is 1.90. The van der Waals surface area contributed by atoms with Crippen LogP contribution in [0.2, 0.25) is 0 Å². The van der Waals surface area contributed by atoms with E-state index in [1.165, 1.54) is 8.19 Å². The molecular formula is C7H9O2P. The Hall–Kier alpha value is -0.880.